The van der Waals surface area contributed by atoms with E-state index in [0.717, 1.165) is 29.0 Å². The Kier molecular flexibility index (Phi) is 4.41. The van der Waals surface area contributed by atoms with Gasteiger partial charge in [0, 0.05) is 23.9 Å². The van der Waals surface area contributed by atoms with Crippen LogP contribution in [0, 0.1) is 17.2 Å². The molecule has 0 amide bonds. The summed E-state index contributed by atoms with van der Waals surface area (Å²) >= 11 is 0. The summed E-state index contributed by atoms with van der Waals surface area (Å²) in [5.41, 5.74) is 3.03. The molecule has 0 aliphatic rings. The van der Waals surface area contributed by atoms with E-state index in [2.05, 4.69) is 25.0 Å². The Hall–Kier alpha value is -2.28. The van der Waals surface area contributed by atoms with Crippen LogP contribution in [-0.4, -0.2) is 16.9 Å². The number of hydrogen-bond acceptors (Lipinski definition) is 3. The molecule has 0 N–H and O–H groups in total. The molecule has 1 aromatic heterocycles. The third-order valence-electron chi connectivity index (χ3n) is 3.08. The summed E-state index contributed by atoms with van der Waals surface area (Å²) < 4.78 is 7.31. The van der Waals surface area contributed by atoms with Gasteiger partial charge in [0.2, 0.25) is 0 Å². The molecule has 2 rings (SSSR count). The number of aromatic nitrogens is 2. The van der Waals surface area contributed by atoms with Gasteiger partial charge in [0.25, 0.3) is 0 Å². The van der Waals surface area contributed by atoms with Gasteiger partial charge in [-0.1, -0.05) is 26.0 Å². The van der Waals surface area contributed by atoms with Crippen LogP contribution < -0.4 is 4.74 Å². The summed E-state index contributed by atoms with van der Waals surface area (Å²) in [5.74, 6) is 1.32. The molecule has 0 bridgehead atoms. The largest absolute Gasteiger partial charge is 0.496 e. The maximum absolute atomic E-state index is 8.79. The highest BCUT2D eigenvalue weighted by Crippen LogP contribution is 2.27. The number of benzene rings is 1. The first-order valence-corrected chi connectivity index (χ1v) is 6.70. The molecule has 104 valence electrons. The number of nitrogens with zero attached hydrogens (tertiary/aromatic N) is 3. The third kappa shape index (κ3) is 3.18. The Balaban J connectivity index is 2.29. The molecular weight excluding hydrogens is 250 g/mol. The van der Waals surface area contributed by atoms with Crippen LogP contribution in [0.3, 0.4) is 0 Å². The second kappa shape index (κ2) is 6.25. The van der Waals surface area contributed by atoms with Crippen molar-refractivity contribution in [1.82, 2.24) is 9.78 Å². The van der Waals surface area contributed by atoms with Gasteiger partial charge in [-0.05, 0) is 17.5 Å². The van der Waals surface area contributed by atoms with Crippen molar-refractivity contribution >= 4 is 0 Å². The third-order valence-corrected chi connectivity index (χ3v) is 3.08. The normalized spacial score (nSPS) is 10.6. The van der Waals surface area contributed by atoms with Gasteiger partial charge < -0.3 is 4.74 Å². The van der Waals surface area contributed by atoms with E-state index in [1.165, 1.54) is 0 Å². The van der Waals surface area contributed by atoms with Crippen molar-refractivity contribution in [1.29, 1.82) is 5.26 Å². The predicted molar refractivity (Wildman–Crippen MR) is 78.4 cm³/mol. The molecule has 1 aromatic carbocycles. The molecule has 0 radical (unpaired) electrons. The van der Waals surface area contributed by atoms with Crippen LogP contribution in [-0.2, 0) is 13.0 Å². The van der Waals surface area contributed by atoms with Gasteiger partial charge in [-0.2, -0.15) is 10.4 Å². The van der Waals surface area contributed by atoms with E-state index >= 15 is 0 Å². The molecule has 0 saturated heterocycles. The van der Waals surface area contributed by atoms with E-state index in [9.17, 15) is 0 Å². The zero-order valence-corrected chi connectivity index (χ0v) is 12.1. The second-order valence-electron chi connectivity index (χ2n) is 5.21. The van der Waals surface area contributed by atoms with Crippen LogP contribution in [0.15, 0.2) is 30.6 Å². The molecular formula is C16H19N3O. The van der Waals surface area contributed by atoms with Crippen LogP contribution in [0.1, 0.15) is 19.4 Å². The van der Waals surface area contributed by atoms with Crippen molar-refractivity contribution < 1.29 is 4.74 Å². The lowest BCUT2D eigenvalue weighted by Gasteiger charge is -2.07. The fourth-order valence-electron chi connectivity index (χ4n) is 2.14. The molecule has 0 atom stereocenters. The van der Waals surface area contributed by atoms with Crippen LogP contribution in [0.25, 0.3) is 11.1 Å². The van der Waals surface area contributed by atoms with Gasteiger partial charge in [-0.3, -0.25) is 4.68 Å². The van der Waals surface area contributed by atoms with Gasteiger partial charge >= 0.3 is 0 Å². The molecule has 2 aromatic rings. The first-order chi connectivity index (χ1) is 9.63. The topological polar surface area (TPSA) is 50.8 Å². The van der Waals surface area contributed by atoms with Crippen molar-refractivity contribution in [3.63, 3.8) is 0 Å². The number of methoxy groups -OCH3 is 1. The number of rotatable bonds is 5. The van der Waals surface area contributed by atoms with Crippen molar-refractivity contribution in [2.24, 2.45) is 5.92 Å². The summed E-state index contributed by atoms with van der Waals surface area (Å²) in [7, 11) is 1.63. The monoisotopic (exact) mass is 269 g/mol. The molecule has 0 fully saturated rings. The zero-order chi connectivity index (χ0) is 14.5. The van der Waals surface area contributed by atoms with Gasteiger partial charge in [-0.25, -0.2) is 0 Å². The molecule has 4 heteroatoms. The van der Waals surface area contributed by atoms with Gasteiger partial charge in [0.05, 0.1) is 25.8 Å². The number of hydrogen-bond donors (Lipinski definition) is 0. The summed E-state index contributed by atoms with van der Waals surface area (Å²) in [6.07, 6.45) is 4.26. The Labute approximate surface area is 119 Å². The van der Waals surface area contributed by atoms with Crippen molar-refractivity contribution in [3.05, 3.63) is 36.2 Å². The second-order valence-corrected chi connectivity index (χ2v) is 5.21. The first-order valence-electron chi connectivity index (χ1n) is 6.70. The maximum Gasteiger partial charge on any atom is 0.123 e. The standard InChI is InChI=1S/C16H19N3O/c1-12(2)10-19-11-15(9-18-19)14-5-4-13(6-7-17)16(8-14)20-3/h4-5,8-9,11-12H,6,10H2,1-3H3. The quantitative estimate of drug-likeness (QED) is 0.837. The van der Waals surface area contributed by atoms with E-state index in [1.807, 2.05) is 35.3 Å². The summed E-state index contributed by atoms with van der Waals surface area (Å²) in [6.45, 7) is 5.24. The molecule has 4 nitrogen and oxygen atoms in total. The Morgan fingerprint density at radius 3 is 2.80 bits per heavy atom. The van der Waals surface area contributed by atoms with E-state index in [1.54, 1.807) is 7.11 Å². The van der Waals surface area contributed by atoms with Crippen LogP contribution in [0.2, 0.25) is 0 Å². The molecule has 0 spiro atoms. The van der Waals surface area contributed by atoms with Crippen molar-refractivity contribution in [3.8, 4) is 22.9 Å². The lowest BCUT2D eigenvalue weighted by Crippen LogP contribution is -2.03. The average Bonchev–Trinajstić information content (AvgIpc) is 2.87. The SMILES string of the molecule is COc1cc(-c2cnn(CC(C)C)c2)ccc1CC#N. The van der Waals surface area contributed by atoms with Crippen LogP contribution >= 0.6 is 0 Å². The van der Waals surface area contributed by atoms with E-state index in [0.29, 0.717) is 12.3 Å². The zero-order valence-electron chi connectivity index (χ0n) is 12.1. The van der Waals surface area contributed by atoms with Crippen LogP contribution in [0.5, 0.6) is 5.75 Å². The molecule has 0 aliphatic heterocycles. The number of ether oxygens (including phenoxy) is 1. The van der Waals surface area contributed by atoms with E-state index in [-0.39, 0.29) is 0 Å². The molecule has 1 heterocycles. The molecule has 0 saturated carbocycles. The Morgan fingerprint density at radius 1 is 1.35 bits per heavy atom. The lowest BCUT2D eigenvalue weighted by molar-refractivity contribution is 0.411. The van der Waals surface area contributed by atoms with E-state index in [4.69, 9.17) is 10.00 Å². The minimum absolute atomic E-state index is 0.357. The van der Waals surface area contributed by atoms with Crippen LogP contribution in [0.4, 0.5) is 0 Å². The van der Waals surface area contributed by atoms with Gasteiger partial charge in [-0.15, -0.1) is 0 Å². The Bertz CT molecular complexity index is 623. The maximum atomic E-state index is 8.79. The lowest BCUT2D eigenvalue weighted by atomic mass is 10.0. The molecule has 0 unspecified atom stereocenters. The van der Waals surface area contributed by atoms with Crippen molar-refractivity contribution in [2.75, 3.05) is 7.11 Å². The van der Waals surface area contributed by atoms with Gasteiger partial charge in [0.15, 0.2) is 0 Å². The minimum atomic E-state index is 0.357. The Morgan fingerprint density at radius 2 is 2.15 bits per heavy atom. The molecule has 0 aliphatic carbocycles. The highest BCUT2D eigenvalue weighted by atomic mass is 16.5. The summed E-state index contributed by atoms with van der Waals surface area (Å²) in [5, 5.41) is 13.2. The number of nitriles is 1. The minimum Gasteiger partial charge on any atom is -0.496 e. The highest BCUT2D eigenvalue weighted by molar-refractivity contribution is 5.65. The summed E-state index contributed by atoms with van der Waals surface area (Å²) in [6, 6.07) is 8.06. The predicted octanol–water partition coefficient (Wildman–Crippen LogP) is 3.28. The summed E-state index contributed by atoms with van der Waals surface area (Å²) in [4.78, 5) is 0. The molecule has 20 heavy (non-hydrogen) atoms. The fraction of sp³-hybridized carbons (Fsp3) is 0.375. The van der Waals surface area contributed by atoms with Gasteiger partial charge in [0.1, 0.15) is 5.75 Å². The van der Waals surface area contributed by atoms with Crippen molar-refractivity contribution in [2.45, 2.75) is 26.8 Å². The van der Waals surface area contributed by atoms with E-state index < -0.39 is 0 Å². The fourth-order valence-corrected chi connectivity index (χ4v) is 2.14. The average molecular weight is 269 g/mol. The smallest absolute Gasteiger partial charge is 0.123 e. The first kappa shape index (κ1) is 14.1. The highest BCUT2D eigenvalue weighted by Gasteiger charge is 2.08.